The minimum Gasteiger partial charge on any atom is -0.436 e. The van der Waals surface area contributed by atoms with Crippen LogP contribution in [0, 0.1) is 23.7 Å². The molecule has 0 amide bonds. The third kappa shape index (κ3) is 5.65. The summed E-state index contributed by atoms with van der Waals surface area (Å²) in [5.41, 5.74) is 3.53. The standard InChI is InChI=1S/C24H44O2Si3/c1-27(2,13-11-23-17-19-7-9-21(23)15-19)25-29(5,6)26-28(3,4)14-12-24-18-20-8-10-22(24)16-20/h17-22H,7-16H2,1-6H3. The van der Waals surface area contributed by atoms with Crippen molar-refractivity contribution in [3.8, 4) is 0 Å². The highest BCUT2D eigenvalue weighted by Gasteiger charge is 2.41. The van der Waals surface area contributed by atoms with Crippen LogP contribution in [-0.4, -0.2) is 25.2 Å². The molecular formula is C24H44O2Si3. The summed E-state index contributed by atoms with van der Waals surface area (Å²) in [6.07, 6.45) is 16.4. The molecule has 2 nitrogen and oxygen atoms in total. The van der Waals surface area contributed by atoms with Gasteiger partial charge in [-0.2, -0.15) is 0 Å². The number of hydrogen-bond acceptors (Lipinski definition) is 2. The highest BCUT2D eigenvalue weighted by Crippen LogP contribution is 2.47. The molecule has 0 N–H and O–H groups in total. The maximum absolute atomic E-state index is 6.87. The van der Waals surface area contributed by atoms with Crippen molar-refractivity contribution in [3.05, 3.63) is 23.3 Å². The van der Waals surface area contributed by atoms with Crippen LogP contribution in [0.5, 0.6) is 0 Å². The molecule has 4 unspecified atom stereocenters. The lowest BCUT2D eigenvalue weighted by molar-refractivity contribution is 0.387. The number of rotatable bonds is 10. The van der Waals surface area contributed by atoms with E-state index < -0.39 is 25.2 Å². The smallest absolute Gasteiger partial charge is 0.311 e. The summed E-state index contributed by atoms with van der Waals surface area (Å²) in [5.74, 6) is 3.65. The van der Waals surface area contributed by atoms with Gasteiger partial charge in [0.05, 0.1) is 0 Å². The number of fused-ring (bicyclic) bond motifs is 4. The predicted molar refractivity (Wildman–Crippen MR) is 131 cm³/mol. The van der Waals surface area contributed by atoms with Gasteiger partial charge in [0, 0.05) is 0 Å². The Bertz CT molecular complexity index is 624. The molecule has 0 radical (unpaired) electrons. The Hall–Kier alpha value is 0.0506. The highest BCUT2D eigenvalue weighted by molar-refractivity contribution is 6.87. The largest absolute Gasteiger partial charge is 0.436 e. The van der Waals surface area contributed by atoms with E-state index in [1.165, 1.54) is 63.5 Å². The molecule has 0 saturated heterocycles. The Morgan fingerprint density at radius 2 is 1.10 bits per heavy atom. The second kappa shape index (κ2) is 8.19. The first kappa shape index (κ1) is 22.3. The fraction of sp³-hybridized carbons (Fsp3) is 0.833. The summed E-state index contributed by atoms with van der Waals surface area (Å²) in [5, 5.41) is 0. The zero-order valence-electron chi connectivity index (χ0n) is 19.9. The minimum absolute atomic E-state index is 0.909. The van der Waals surface area contributed by atoms with Crippen molar-refractivity contribution in [3.63, 3.8) is 0 Å². The van der Waals surface area contributed by atoms with Crippen molar-refractivity contribution >= 4 is 25.2 Å². The fourth-order valence-electron chi connectivity index (χ4n) is 6.81. The van der Waals surface area contributed by atoms with Gasteiger partial charge < -0.3 is 8.23 Å². The van der Waals surface area contributed by atoms with Gasteiger partial charge >= 0.3 is 8.56 Å². The van der Waals surface area contributed by atoms with Gasteiger partial charge in [0.15, 0.2) is 16.6 Å². The molecule has 164 valence electrons. The average molecular weight is 449 g/mol. The van der Waals surface area contributed by atoms with Crippen molar-refractivity contribution in [1.82, 2.24) is 0 Å². The Morgan fingerprint density at radius 3 is 1.41 bits per heavy atom. The molecule has 2 saturated carbocycles. The van der Waals surface area contributed by atoms with Gasteiger partial charge in [0.2, 0.25) is 0 Å². The molecule has 0 aliphatic heterocycles. The first-order valence-corrected chi connectivity index (χ1v) is 21.4. The Labute approximate surface area is 183 Å². The SMILES string of the molecule is C[Si](C)(CCC1=CC2CCC1C2)O[Si](C)(C)O[Si](C)(C)CCC1=CC2CCC1C2. The van der Waals surface area contributed by atoms with Crippen LogP contribution in [0.1, 0.15) is 51.4 Å². The second-order valence-electron chi connectivity index (χ2n) is 12.1. The van der Waals surface area contributed by atoms with Crippen LogP contribution in [0.2, 0.25) is 51.4 Å². The predicted octanol–water partition coefficient (Wildman–Crippen LogP) is 7.62. The van der Waals surface area contributed by atoms with E-state index in [9.17, 15) is 0 Å². The van der Waals surface area contributed by atoms with Gasteiger partial charge in [-0.1, -0.05) is 23.3 Å². The topological polar surface area (TPSA) is 18.5 Å². The summed E-state index contributed by atoms with van der Waals surface area (Å²) < 4.78 is 13.7. The van der Waals surface area contributed by atoms with E-state index in [0.717, 1.165) is 23.7 Å². The molecule has 4 aliphatic rings. The molecule has 0 aromatic rings. The van der Waals surface area contributed by atoms with E-state index in [2.05, 4.69) is 51.4 Å². The molecule has 5 heteroatoms. The van der Waals surface area contributed by atoms with E-state index in [1.54, 1.807) is 11.1 Å². The fourth-order valence-corrected chi connectivity index (χ4v) is 20.6. The summed E-state index contributed by atoms with van der Waals surface area (Å²) in [7, 11) is -5.45. The molecule has 0 spiro atoms. The molecule has 4 atom stereocenters. The van der Waals surface area contributed by atoms with E-state index in [-0.39, 0.29) is 0 Å². The lowest BCUT2D eigenvalue weighted by atomic mass is 9.97. The van der Waals surface area contributed by atoms with Crippen LogP contribution in [0.4, 0.5) is 0 Å². The third-order valence-electron chi connectivity index (χ3n) is 7.97. The van der Waals surface area contributed by atoms with E-state index >= 15 is 0 Å². The Balaban J connectivity index is 1.25. The second-order valence-corrected chi connectivity index (χ2v) is 24.6. The monoisotopic (exact) mass is 448 g/mol. The van der Waals surface area contributed by atoms with E-state index in [4.69, 9.17) is 8.23 Å². The summed E-state index contributed by atoms with van der Waals surface area (Å²) in [6, 6.07) is 2.53. The zero-order valence-corrected chi connectivity index (χ0v) is 22.9. The van der Waals surface area contributed by atoms with Crippen LogP contribution < -0.4 is 0 Å². The molecule has 4 rings (SSSR count). The van der Waals surface area contributed by atoms with Crippen molar-refractivity contribution in [1.29, 1.82) is 0 Å². The lowest BCUT2D eigenvalue weighted by Gasteiger charge is -2.39. The van der Waals surface area contributed by atoms with Gasteiger partial charge in [-0.15, -0.1) is 0 Å². The minimum atomic E-state index is -2.08. The first-order valence-electron chi connectivity index (χ1n) is 12.3. The maximum atomic E-state index is 6.87. The molecule has 29 heavy (non-hydrogen) atoms. The molecule has 0 aromatic carbocycles. The molecule has 0 heterocycles. The van der Waals surface area contributed by atoms with Crippen LogP contribution >= 0.6 is 0 Å². The zero-order chi connectivity index (χ0) is 20.9. The van der Waals surface area contributed by atoms with E-state index in [0.29, 0.717) is 0 Å². The first-order chi connectivity index (χ1) is 13.5. The number of allylic oxidation sites excluding steroid dienone is 4. The van der Waals surface area contributed by atoms with Crippen LogP contribution in [-0.2, 0) is 8.23 Å². The van der Waals surface area contributed by atoms with Gasteiger partial charge in [-0.3, -0.25) is 0 Å². The molecule has 4 bridgehead atoms. The highest BCUT2D eigenvalue weighted by atomic mass is 28.5. The molecule has 4 aliphatic carbocycles. The van der Waals surface area contributed by atoms with Crippen LogP contribution in [0.15, 0.2) is 23.3 Å². The third-order valence-corrected chi connectivity index (χ3v) is 19.2. The summed E-state index contributed by atoms with van der Waals surface area (Å²) in [6.45, 7) is 14.3. The van der Waals surface area contributed by atoms with E-state index in [1.807, 2.05) is 0 Å². The van der Waals surface area contributed by atoms with Crippen LogP contribution in [0.3, 0.4) is 0 Å². The summed E-state index contributed by atoms with van der Waals surface area (Å²) >= 11 is 0. The number of hydrogen-bond donors (Lipinski definition) is 0. The van der Waals surface area contributed by atoms with Crippen molar-refractivity contribution in [2.75, 3.05) is 0 Å². The quantitative estimate of drug-likeness (QED) is 0.253. The van der Waals surface area contributed by atoms with Gasteiger partial charge in [-0.05, 0) is 126 Å². The van der Waals surface area contributed by atoms with Gasteiger partial charge in [-0.25, -0.2) is 0 Å². The van der Waals surface area contributed by atoms with Crippen molar-refractivity contribution in [2.45, 2.75) is 103 Å². The van der Waals surface area contributed by atoms with Gasteiger partial charge in [0.25, 0.3) is 0 Å². The molecule has 2 fully saturated rings. The normalized spacial score (nSPS) is 31.5. The average Bonchev–Trinajstić information content (AvgIpc) is 3.36. The Morgan fingerprint density at radius 1 is 0.690 bits per heavy atom. The molecular weight excluding hydrogens is 405 g/mol. The maximum Gasteiger partial charge on any atom is 0.311 e. The Kier molecular flexibility index (Phi) is 6.29. The lowest BCUT2D eigenvalue weighted by Crippen LogP contribution is -2.52. The summed E-state index contributed by atoms with van der Waals surface area (Å²) in [4.78, 5) is 0. The van der Waals surface area contributed by atoms with Crippen molar-refractivity contribution < 1.29 is 8.23 Å². The van der Waals surface area contributed by atoms with Gasteiger partial charge in [0.1, 0.15) is 0 Å². The van der Waals surface area contributed by atoms with Crippen LogP contribution in [0.25, 0.3) is 0 Å². The molecule has 0 aromatic heterocycles. The van der Waals surface area contributed by atoms with Crippen molar-refractivity contribution in [2.24, 2.45) is 23.7 Å².